The maximum Gasteiger partial charge on any atom is 0.257 e. The molecule has 1 amide bonds. The van der Waals surface area contributed by atoms with Gasteiger partial charge in [-0.15, -0.1) is 0 Å². The average Bonchev–Trinajstić information content (AvgIpc) is 2.50. The zero-order chi connectivity index (χ0) is 14.8. The molecule has 0 fully saturated rings. The fourth-order valence-electron chi connectivity index (χ4n) is 2.13. The van der Waals surface area contributed by atoms with Crippen LogP contribution in [0, 0.1) is 3.57 Å². The molecule has 0 saturated carbocycles. The maximum absolute atomic E-state index is 12.4. The number of anilines is 2. The Balaban J connectivity index is 1.98. The maximum atomic E-state index is 12.4. The van der Waals surface area contributed by atoms with E-state index in [1.807, 2.05) is 48.5 Å². The van der Waals surface area contributed by atoms with Gasteiger partial charge in [0, 0.05) is 20.8 Å². The molecular weight excluding hydrogens is 377 g/mol. The number of nitrogen functional groups attached to an aromatic ring is 1. The largest absolute Gasteiger partial charge is 0.383 e. The van der Waals surface area contributed by atoms with E-state index in [0.717, 1.165) is 20.0 Å². The molecule has 3 aromatic rings. The fourth-order valence-corrected chi connectivity index (χ4v) is 2.49. The summed E-state index contributed by atoms with van der Waals surface area (Å²) in [6.07, 6.45) is 1.51. The second-order valence-corrected chi connectivity index (χ2v) is 5.81. The molecule has 0 bridgehead atoms. The molecule has 0 spiro atoms. The van der Waals surface area contributed by atoms with Crippen molar-refractivity contribution in [3.63, 3.8) is 0 Å². The van der Waals surface area contributed by atoms with Gasteiger partial charge in [0.2, 0.25) is 0 Å². The van der Waals surface area contributed by atoms with Crippen molar-refractivity contribution >= 4 is 50.8 Å². The Morgan fingerprint density at radius 3 is 2.43 bits per heavy atom. The third-order valence-corrected chi connectivity index (χ3v) is 3.89. The van der Waals surface area contributed by atoms with Crippen molar-refractivity contribution in [1.82, 2.24) is 4.98 Å². The number of carbonyl (C=O) groups excluding carboxylic acids is 1. The van der Waals surface area contributed by atoms with Gasteiger partial charge in [0.15, 0.2) is 0 Å². The number of amides is 1. The Morgan fingerprint density at radius 1 is 1.05 bits per heavy atom. The van der Waals surface area contributed by atoms with Crippen molar-refractivity contribution in [3.8, 4) is 0 Å². The lowest BCUT2D eigenvalue weighted by atomic mass is 10.1. The molecule has 0 unspecified atom stereocenters. The summed E-state index contributed by atoms with van der Waals surface area (Å²) in [6, 6.07) is 15.1. The van der Waals surface area contributed by atoms with Crippen molar-refractivity contribution in [2.75, 3.05) is 11.1 Å². The molecule has 5 heteroatoms. The van der Waals surface area contributed by atoms with E-state index >= 15 is 0 Å². The number of benzene rings is 2. The van der Waals surface area contributed by atoms with Crippen LogP contribution in [0.4, 0.5) is 11.5 Å². The molecule has 104 valence electrons. The average molecular weight is 389 g/mol. The zero-order valence-corrected chi connectivity index (χ0v) is 13.2. The van der Waals surface area contributed by atoms with Crippen molar-refractivity contribution < 1.29 is 4.79 Å². The van der Waals surface area contributed by atoms with Crippen LogP contribution in [0.1, 0.15) is 10.4 Å². The Morgan fingerprint density at radius 2 is 1.71 bits per heavy atom. The van der Waals surface area contributed by atoms with Crippen LogP contribution in [0.2, 0.25) is 0 Å². The molecule has 1 aromatic heterocycles. The molecule has 0 aliphatic rings. The van der Waals surface area contributed by atoms with Gasteiger partial charge in [-0.1, -0.05) is 24.3 Å². The number of halogens is 1. The van der Waals surface area contributed by atoms with Gasteiger partial charge in [-0.2, -0.15) is 0 Å². The van der Waals surface area contributed by atoms with Gasteiger partial charge < -0.3 is 11.1 Å². The minimum atomic E-state index is -0.195. The Bertz CT molecular complexity index is 815. The molecule has 0 radical (unpaired) electrons. The second-order valence-electron chi connectivity index (χ2n) is 4.56. The molecule has 0 atom stereocenters. The van der Waals surface area contributed by atoms with Gasteiger partial charge in [-0.05, 0) is 52.2 Å². The Hall–Kier alpha value is -2.15. The molecule has 2 aromatic carbocycles. The number of nitrogens with two attached hydrogens (primary N) is 1. The van der Waals surface area contributed by atoms with E-state index in [1.54, 1.807) is 0 Å². The molecule has 0 saturated heterocycles. The normalized spacial score (nSPS) is 10.5. The van der Waals surface area contributed by atoms with Gasteiger partial charge in [-0.25, -0.2) is 4.98 Å². The highest BCUT2D eigenvalue weighted by atomic mass is 127. The SMILES string of the molecule is Nc1ncc(C(=O)Nc2ccc(I)cc2)c2ccccc12. The third kappa shape index (κ3) is 2.82. The summed E-state index contributed by atoms with van der Waals surface area (Å²) in [4.78, 5) is 16.5. The summed E-state index contributed by atoms with van der Waals surface area (Å²) in [5.74, 6) is 0.233. The lowest BCUT2D eigenvalue weighted by molar-refractivity contribution is 0.102. The molecular formula is C16H12IN3O. The number of rotatable bonds is 2. The van der Waals surface area contributed by atoms with Crippen LogP contribution < -0.4 is 11.1 Å². The molecule has 4 nitrogen and oxygen atoms in total. The number of nitrogens with one attached hydrogen (secondary N) is 1. The topological polar surface area (TPSA) is 68.0 Å². The van der Waals surface area contributed by atoms with Gasteiger partial charge in [0.1, 0.15) is 5.82 Å². The Labute approximate surface area is 135 Å². The number of aromatic nitrogens is 1. The molecule has 3 N–H and O–H groups in total. The summed E-state index contributed by atoms with van der Waals surface area (Å²) >= 11 is 2.22. The first-order valence-electron chi connectivity index (χ1n) is 6.35. The minimum absolute atomic E-state index is 0.195. The first kappa shape index (κ1) is 13.8. The number of carbonyl (C=O) groups is 1. The summed E-state index contributed by atoms with van der Waals surface area (Å²) in [5, 5.41) is 4.46. The van der Waals surface area contributed by atoms with Crippen LogP contribution in [-0.2, 0) is 0 Å². The standard InChI is InChI=1S/C16H12IN3O/c17-10-5-7-11(8-6-10)20-16(21)14-9-19-15(18)13-4-2-1-3-12(13)14/h1-9H,(H2,18,19)(H,20,21). The van der Waals surface area contributed by atoms with Gasteiger partial charge in [0.05, 0.1) is 5.56 Å². The highest BCUT2D eigenvalue weighted by molar-refractivity contribution is 14.1. The van der Waals surface area contributed by atoms with E-state index in [0.29, 0.717) is 11.4 Å². The molecule has 0 aliphatic carbocycles. The lowest BCUT2D eigenvalue weighted by Crippen LogP contribution is -2.13. The van der Waals surface area contributed by atoms with Gasteiger partial charge in [0.25, 0.3) is 5.91 Å². The summed E-state index contributed by atoms with van der Waals surface area (Å²) in [7, 11) is 0. The summed E-state index contributed by atoms with van der Waals surface area (Å²) in [6.45, 7) is 0. The van der Waals surface area contributed by atoms with E-state index in [1.165, 1.54) is 6.20 Å². The van der Waals surface area contributed by atoms with Crippen LogP contribution >= 0.6 is 22.6 Å². The predicted molar refractivity (Wildman–Crippen MR) is 93.3 cm³/mol. The van der Waals surface area contributed by atoms with E-state index in [-0.39, 0.29) is 5.91 Å². The van der Waals surface area contributed by atoms with E-state index < -0.39 is 0 Å². The first-order valence-corrected chi connectivity index (χ1v) is 7.43. The van der Waals surface area contributed by atoms with Gasteiger partial charge in [-0.3, -0.25) is 4.79 Å². The number of hydrogen-bond donors (Lipinski definition) is 2. The smallest absolute Gasteiger partial charge is 0.257 e. The van der Waals surface area contributed by atoms with E-state index in [2.05, 4.69) is 32.9 Å². The zero-order valence-electron chi connectivity index (χ0n) is 11.0. The molecule has 21 heavy (non-hydrogen) atoms. The lowest BCUT2D eigenvalue weighted by Gasteiger charge is -2.09. The molecule has 0 aliphatic heterocycles. The molecule has 1 heterocycles. The molecule has 3 rings (SSSR count). The van der Waals surface area contributed by atoms with E-state index in [4.69, 9.17) is 5.73 Å². The van der Waals surface area contributed by atoms with E-state index in [9.17, 15) is 4.79 Å². The third-order valence-electron chi connectivity index (χ3n) is 3.17. The van der Waals surface area contributed by atoms with Crippen molar-refractivity contribution in [2.45, 2.75) is 0 Å². The van der Waals surface area contributed by atoms with Crippen molar-refractivity contribution in [2.24, 2.45) is 0 Å². The highest BCUT2D eigenvalue weighted by Crippen LogP contribution is 2.23. The monoisotopic (exact) mass is 389 g/mol. The number of hydrogen-bond acceptors (Lipinski definition) is 3. The predicted octanol–water partition coefficient (Wildman–Crippen LogP) is 3.67. The second kappa shape index (κ2) is 5.69. The quantitative estimate of drug-likeness (QED) is 0.658. The highest BCUT2D eigenvalue weighted by Gasteiger charge is 2.12. The number of fused-ring (bicyclic) bond motifs is 1. The Kier molecular flexibility index (Phi) is 3.74. The van der Waals surface area contributed by atoms with Crippen LogP contribution in [-0.4, -0.2) is 10.9 Å². The van der Waals surface area contributed by atoms with Crippen LogP contribution in [0.3, 0.4) is 0 Å². The minimum Gasteiger partial charge on any atom is -0.383 e. The first-order chi connectivity index (χ1) is 10.1. The number of pyridine rings is 1. The number of nitrogens with zero attached hydrogens (tertiary/aromatic N) is 1. The van der Waals surface area contributed by atoms with Crippen LogP contribution in [0.15, 0.2) is 54.7 Å². The van der Waals surface area contributed by atoms with Crippen molar-refractivity contribution in [1.29, 1.82) is 0 Å². The van der Waals surface area contributed by atoms with Crippen LogP contribution in [0.25, 0.3) is 10.8 Å². The van der Waals surface area contributed by atoms with Crippen LogP contribution in [0.5, 0.6) is 0 Å². The fraction of sp³-hybridized carbons (Fsp3) is 0. The van der Waals surface area contributed by atoms with Gasteiger partial charge >= 0.3 is 0 Å². The van der Waals surface area contributed by atoms with Crippen molar-refractivity contribution in [3.05, 3.63) is 63.9 Å². The summed E-state index contributed by atoms with van der Waals surface area (Å²) < 4.78 is 1.12. The summed E-state index contributed by atoms with van der Waals surface area (Å²) in [5.41, 5.74) is 7.11.